The highest BCUT2D eigenvalue weighted by Gasteiger charge is 2.35. The monoisotopic (exact) mass is 440 g/mol. The van der Waals surface area contributed by atoms with Crippen LogP contribution in [0.15, 0.2) is 39.8 Å². The Labute approximate surface area is 159 Å². The van der Waals surface area contributed by atoms with Crippen LogP contribution in [0, 0.1) is 0 Å². The standard InChI is InChI=1S/C17H17BrN2O5S/c1-24-13-8-7-12(18)10-5-6-11(15(10)13)16(21)20-26(22,23)14-4-3-9-19-17(14)25-2/h3-4,7-9,11H,5-6H2,1-2H3,(H,20,21). The number of carbonyl (C=O) groups is 1. The molecule has 0 saturated carbocycles. The highest BCUT2D eigenvalue weighted by molar-refractivity contribution is 9.10. The summed E-state index contributed by atoms with van der Waals surface area (Å²) in [5.74, 6) is -0.724. The molecule has 1 heterocycles. The maximum atomic E-state index is 12.8. The van der Waals surface area contributed by atoms with Crippen LogP contribution in [0.25, 0.3) is 0 Å². The Morgan fingerprint density at radius 1 is 1.27 bits per heavy atom. The molecule has 1 aliphatic carbocycles. The number of methoxy groups -OCH3 is 2. The second-order valence-electron chi connectivity index (χ2n) is 5.71. The largest absolute Gasteiger partial charge is 0.496 e. The molecule has 3 rings (SSSR count). The fraction of sp³-hybridized carbons (Fsp3) is 0.294. The summed E-state index contributed by atoms with van der Waals surface area (Å²) in [6.45, 7) is 0. The molecule has 2 aromatic rings. The van der Waals surface area contributed by atoms with Crippen LogP contribution in [0.5, 0.6) is 11.6 Å². The molecule has 1 aromatic heterocycles. The quantitative estimate of drug-likeness (QED) is 0.766. The molecule has 1 aliphatic rings. The van der Waals surface area contributed by atoms with Crippen molar-refractivity contribution in [2.24, 2.45) is 0 Å². The molecule has 26 heavy (non-hydrogen) atoms. The topological polar surface area (TPSA) is 94.6 Å². The van der Waals surface area contributed by atoms with Crippen molar-refractivity contribution in [1.29, 1.82) is 0 Å². The number of halogens is 1. The Morgan fingerprint density at radius 2 is 2.04 bits per heavy atom. The molecule has 9 heteroatoms. The number of benzene rings is 1. The van der Waals surface area contributed by atoms with Crippen molar-refractivity contribution in [1.82, 2.24) is 9.71 Å². The third kappa shape index (κ3) is 3.28. The second kappa shape index (κ2) is 7.24. The maximum Gasteiger partial charge on any atom is 0.269 e. The minimum atomic E-state index is -4.11. The number of aromatic nitrogens is 1. The molecule has 1 aromatic carbocycles. The molecule has 1 unspecified atom stereocenters. The fourth-order valence-electron chi connectivity index (χ4n) is 3.12. The SMILES string of the molecule is COc1ccc(Br)c2c1C(C(=O)NS(=O)(=O)c1cccnc1OC)CC2. The number of rotatable bonds is 5. The molecule has 1 amide bonds. The van der Waals surface area contributed by atoms with Gasteiger partial charge in [0, 0.05) is 16.2 Å². The Kier molecular flexibility index (Phi) is 5.19. The van der Waals surface area contributed by atoms with E-state index < -0.39 is 21.8 Å². The zero-order valence-electron chi connectivity index (χ0n) is 14.2. The molecule has 0 radical (unpaired) electrons. The zero-order chi connectivity index (χ0) is 18.9. The summed E-state index contributed by atoms with van der Waals surface area (Å²) >= 11 is 3.47. The number of ether oxygens (including phenoxy) is 2. The predicted octanol–water partition coefficient (Wildman–Crippen LogP) is 2.40. The van der Waals surface area contributed by atoms with Crippen molar-refractivity contribution in [3.8, 4) is 11.6 Å². The van der Waals surface area contributed by atoms with Crippen LogP contribution in [0.3, 0.4) is 0 Å². The van der Waals surface area contributed by atoms with Crippen LogP contribution < -0.4 is 14.2 Å². The average Bonchev–Trinajstić information content (AvgIpc) is 3.08. The van der Waals surface area contributed by atoms with Crippen LogP contribution in [-0.4, -0.2) is 33.5 Å². The third-order valence-electron chi connectivity index (χ3n) is 4.28. The lowest BCUT2D eigenvalue weighted by atomic mass is 10.00. The predicted molar refractivity (Wildman–Crippen MR) is 97.9 cm³/mol. The van der Waals surface area contributed by atoms with Gasteiger partial charge < -0.3 is 9.47 Å². The highest BCUT2D eigenvalue weighted by atomic mass is 79.9. The van der Waals surface area contributed by atoms with Crippen LogP contribution in [-0.2, 0) is 21.2 Å². The minimum Gasteiger partial charge on any atom is -0.496 e. The van der Waals surface area contributed by atoms with Crippen molar-refractivity contribution >= 4 is 31.9 Å². The highest BCUT2D eigenvalue weighted by Crippen LogP contribution is 2.43. The van der Waals surface area contributed by atoms with Gasteiger partial charge in [0.25, 0.3) is 10.0 Å². The number of hydrogen-bond acceptors (Lipinski definition) is 6. The average molecular weight is 441 g/mol. The van der Waals surface area contributed by atoms with E-state index >= 15 is 0 Å². The smallest absolute Gasteiger partial charge is 0.269 e. The molecule has 0 fully saturated rings. The molecule has 1 atom stereocenters. The van der Waals surface area contributed by atoms with E-state index in [1.807, 2.05) is 6.07 Å². The zero-order valence-corrected chi connectivity index (χ0v) is 16.6. The van der Waals surface area contributed by atoms with Crippen LogP contribution in [0.2, 0.25) is 0 Å². The van der Waals surface area contributed by atoms with Crippen LogP contribution in [0.4, 0.5) is 0 Å². The lowest BCUT2D eigenvalue weighted by Gasteiger charge is -2.16. The molecule has 138 valence electrons. The number of sulfonamides is 1. The number of nitrogens with zero attached hydrogens (tertiary/aromatic N) is 1. The number of fused-ring (bicyclic) bond motifs is 1. The van der Waals surface area contributed by atoms with E-state index in [4.69, 9.17) is 9.47 Å². The first kappa shape index (κ1) is 18.7. The van der Waals surface area contributed by atoms with Gasteiger partial charge in [-0.1, -0.05) is 15.9 Å². The van der Waals surface area contributed by atoms with E-state index in [1.165, 1.54) is 32.5 Å². The van der Waals surface area contributed by atoms with Crippen molar-refractivity contribution in [3.05, 3.63) is 46.1 Å². The second-order valence-corrected chi connectivity index (χ2v) is 8.22. The Balaban J connectivity index is 1.93. The van der Waals surface area contributed by atoms with Crippen molar-refractivity contribution in [2.75, 3.05) is 14.2 Å². The molecule has 0 aliphatic heterocycles. The van der Waals surface area contributed by atoms with Gasteiger partial charge in [0.2, 0.25) is 11.8 Å². The Morgan fingerprint density at radius 3 is 2.73 bits per heavy atom. The molecule has 7 nitrogen and oxygen atoms in total. The minimum absolute atomic E-state index is 0.0695. The van der Waals surface area contributed by atoms with Gasteiger partial charge >= 0.3 is 0 Å². The van der Waals surface area contributed by atoms with Crippen LogP contribution in [0.1, 0.15) is 23.5 Å². The molecular weight excluding hydrogens is 424 g/mol. The van der Waals surface area contributed by atoms with Gasteiger partial charge in [-0.3, -0.25) is 4.79 Å². The maximum absolute atomic E-state index is 12.8. The van der Waals surface area contributed by atoms with E-state index in [-0.39, 0.29) is 10.8 Å². The van der Waals surface area contributed by atoms with Gasteiger partial charge in [-0.25, -0.2) is 18.1 Å². The Bertz CT molecular complexity index is 962. The van der Waals surface area contributed by atoms with Gasteiger partial charge in [-0.15, -0.1) is 0 Å². The molecular formula is C17H17BrN2O5S. The van der Waals surface area contributed by atoms with Gasteiger partial charge in [0.1, 0.15) is 10.6 Å². The summed E-state index contributed by atoms with van der Waals surface area (Å²) < 4.78 is 38.6. The first-order valence-corrected chi connectivity index (χ1v) is 10.1. The van der Waals surface area contributed by atoms with Gasteiger partial charge in [0.15, 0.2) is 0 Å². The van der Waals surface area contributed by atoms with E-state index in [0.29, 0.717) is 24.2 Å². The molecule has 0 saturated heterocycles. The number of amides is 1. The fourth-order valence-corrected chi connectivity index (χ4v) is 4.80. The summed E-state index contributed by atoms with van der Waals surface area (Å²) in [7, 11) is -1.27. The van der Waals surface area contributed by atoms with E-state index in [0.717, 1.165) is 10.0 Å². The third-order valence-corrected chi connectivity index (χ3v) is 6.38. The summed E-state index contributed by atoms with van der Waals surface area (Å²) in [5.41, 5.74) is 1.67. The van der Waals surface area contributed by atoms with Gasteiger partial charge in [0.05, 0.1) is 20.1 Å². The summed E-state index contributed by atoms with van der Waals surface area (Å²) in [5, 5.41) is 0. The number of nitrogens with one attached hydrogen (secondary N) is 1. The number of carbonyl (C=O) groups excluding carboxylic acids is 1. The van der Waals surface area contributed by atoms with Gasteiger partial charge in [-0.05, 0) is 42.7 Å². The van der Waals surface area contributed by atoms with E-state index in [2.05, 4.69) is 25.6 Å². The molecule has 0 spiro atoms. The summed E-state index contributed by atoms with van der Waals surface area (Å²) in [4.78, 5) is 16.4. The first-order valence-electron chi connectivity index (χ1n) is 7.80. The van der Waals surface area contributed by atoms with Crippen LogP contribution >= 0.6 is 15.9 Å². The van der Waals surface area contributed by atoms with Crippen molar-refractivity contribution in [2.45, 2.75) is 23.7 Å². The Hall–Kier alpha value is -2.13. The van der Waals surface area contributed by atoms with E-state index in [9.17, 15) is 13.2 Å². The molecule has 1 N–H and O–H groups in total. The normalized spacial score (nSPS) is 16.0. The lowest BCUT2D eigenvalue weighted by Crippen LogP contribution is -2.34. The summed E-state index contributed by atoms with van der Waals surface area (Å²) in [6.07, 6.45) is 2.57. The number of hydrogen-bond donors (Lipinski definition) is 1. The van der Waals surface area contributed by atoms with Crippen molar-refractivity contribution < 1.29 is 22.7 Å². The first-order chi connectivity index (χ1) is 12.4. The van der Waals surface area contributed by atoms with E-state index in [1.54, 1.807) is 6.07 Å². The lowest BCUT2D eigenvalue weighted by molar-refractivity contribution is -0.120. The summed E-state index contributed by atoms with van der Waals surface area (Å²) in [6, 6.07) is 6.41. The van der Waals surface area contributed by atoms with Crippen molar-refractivity contribution in [3.63, 3.8) is 0 Å². The van der Waals surface area contributed by atoms with Gasteiger partial charge in [-0.2, -0.15) is 0 Å². The molecule has 0 bridgehead atoms. The number of pyridine rings is 1.